The lowest BCUT2D eigenvalue weighted by Gasteiger charge is -2.41. The van der Waals surface area contributed by atoms with Crippen molar-refractivity contribution in [2.75, 3.05) is 32.8 Å². The number of phenolic OH excluding ortho intramolecular Hbond substituents is 1. The molecule has 0 radical (unpaired) electrons. The van der Waals surface area contributed by atoms with Gasteiger partial charge in [-0.2, -0.15) is 9.98 Å². The van der Waals surface area contributed by atoms with Gasteiger partial charge < -0.3 is 24.8 Å². The van der Waals surface area contributed by atoms with Crippen LogP contribution >= 0.6 is 0 Å². The summed E-state index contributed by atoms with van der Waals surface area (Å²) < 4.78 is 58.7. The largest absolute Gasteiger partial charge is 0.508 e. The monoisotopic (exact) mass is 604 g/mol. The summed E-state index contributed by atoms with van der Waals surface area (Å²) in [5.74, 6) is 1.07. The second-order valence-electron chi connectivity index (χ2n) is 12.2. The Kier molecular flexibility index (Phi) is 7.85. The van der Waals surface area contributed by atoms with Gasteiger partial charge in [-0.15, -0.1) is 6.42 Å². The Hall–Kier alpha value is -3.81. The second-order valence-corrected chi connectivity index (χ2v) is 12.2. The first-order valence-corrected chi connectivity index (χ1v) is 15.5. The molecular formula is C34H35F3N4O3. The Bertz CT molecular complexity index is 1640. The van der Waals surface area contributed by atoms with Crippen LogP contribution in [0.15, 0.2) is 51.9 Å². The first kappa shape index (κ1) is 28.9. The van der Waals surface area contributed by atoms with Crippen molar-refractivity contribution in [2.24, 2.45) is 21.8 Å². The van der Waals surface area contributed by atoms with E-state index in [2.05, 4.69) is 21.1 Å². The predicted molar refractivity (Wildman–Crippen MR) is 163 cm³/mol. The van der Waals surface area contributed by atoms with E-state index in [0.29, 0.717) is 36.2 Å². The number of alkyl halides is 1. The Balaban J connectivity index is 1.33. The van der Waals surface area contributed by atoms with Crippen molar-refractivity contribution in [1.82, 2.24) is 10.2 Å². The lowest BCUT2D eigenvalue weighted by Crippen LogP contribution is -2.49. The third-order valence-electron chi connectivity index (χ3n) is 9.41. The molecular weight excluding hydrogens is 569 g/mol. The molecule has 0 bridgehead atoms. The topological polar surface area (TPSA) is 78.7 Å². The zero-order valence-electron chi connectivity index (χ0n) is 24.4. The van der Waals surface area contributed by atoms with Crippen LogP contribution in [0.1, 0.15) is 49.7 Å². The lowest BCUT2D eigenvalue weighted by molar-refractivity contribution is 0.0449. The van der Waals surface area contributed by atoms with Crippen LogP contribution in [-0.4, -0.2) is 73.0 Å². The van der Waals surface area contributed by atoms with Gasteiger partial charge in [0.25, 0.3) is 0 Å². The number of hydrogen-bond donors (Lipinski definition) is 2. The van der Waals surface area contributed by atoms with Crippen LogP contribution in [0.5, 0.6) is 5.75 Å². The molecule has 44 heavy (non-hydrogen) atoms. The van der Waals surface area contributed by atoms with E-state index in [1.54, 1.807) is 6.08 Å². The number of amidine groups is 2. The van der Waals surface area contributed by atoms with Crippen LogP contribution in [0.3, 0.4) is 0 Å². The maximum absolute atomic E-state index is 16.9. The maximum Gasteiger partial charge on any atom is 0.318 e. The Morgan fingerprint density at radius 1 is 1.16 bits per heavy atom. The van der Waals surface area contributed by atoms with Gasteiger partial charge in [0, 0.05) is 36.7 Å². The molecule has 2 N–H and O–H groups in total. The molecule has 0 aromatic heterocycles. The van der Waals surface area contributed by atoms with Gasteiger partial charge in [0.05, 0.1) is 29.9 Å². The average Bonchev–Trinajstić information content (AvgIpc) is 3.45. The first-order chi connectivity index (χ1) is 21.4. The van der Waals surface area contributed by atoms with Gasteiger partial charge in [-0.05, 0) is 86.2 Å². The molecule has 3 saturated heterocycles. The summed E-state index contributed by atoms with van der Waals surface area (Å²) in [7, 11) is 0. The molecule has 5 aliphatic rings. The number of hydrogen-bond acceptors (Lipinski definition) is 7. The number of aliphatic imine (C=N–C) groups is 2. The van der Waals surface area contributed by atoms with Crippen molar-refractivity contribution in [3.63, 3.8) is 0 Å². The van der Waals surface area contributed by atoms with E-state index in [1.165, 1.54) is 24.3 Å². The molecule has 0 saturated carbocycles. The van der Waals surface area contributed by atoms with E-state index in [0.717, 1.165) is 45.2 Å². The number of aromatic hydroxyl groups is 1. The third-order valence-corrected chi connectivity index (χ3v) is 9.41. The first-order valence-electron chi connectivity index (χ1n) is 15.5. The van der Waals surface area contributed by atoms with E-state index in [-0.39, 0.29) is 52.7 Å². The Morgan fingerprint density at radius 2 is 2.05 bits per heavy atom. The van der Waals surface area contributed by atoms with Gasteiger partial charge in [0.1, 0.15) is 23.6 Å². The number of fused-ring (bicyclic) bond motifs is 3. The average molecular weight is 605 g/mol. The minimum atomic E-state index is -0.970. The van der Waals surface area contributed by atoms with E-state index >= 15 is 4.39 Å². The molecule has 2 aromatic carbocycles. The molecule has 1 aliphatic carbocycles. The number of phenols is 1. The molecule has 10 heteroatoms. The number of ether oxygens (including phenoxy) is 2. The molecule has 2 aromatic rings. The highest BCUT2D eigenvalue weighted by Gasteiger charge is 2.45. The molecule has 0 spiro atoms. The highest BCUT2D eigenvalue weighted by molar-refractivity contribution is 6.05. The second kappa shape index (κ2) is 11.9. The van der Waals surface area contributed by atoms with Crippen LogP contribution in [0, 0.1) is 30.0 Å². The zero-order valence-corrected chi connectivity index (χ0v) is 24.4. The lowest BCUT2D eigenvalue weighted by atomic mass is 9.82. The fraction of sp³-hybridized carbons (Fsp3) is 0.471. The molecule has 230 valence electrons. The molecule has 5 atom stereocenters. The number of benzene rings is 2. The van der Waals surface area contributed by atoms with E-state index in [9.17, 15) is 13.9 Å². The number of halogens is 3. The van der Waals surface area contributed by atoms with Crippen molar-refractivity contribution < 1.29 is 27.8 Å². The van der Waals surface area contributed by atoms with Crippen molar-refractivity contribution in [3.05, 3.63) is 58.8 Å². The maximum atomic E-state index is 16.9. The van der Waals surface area contributed by atoms with Crippen LogP contribution in [0.4, 0.5) is 13.2 Å². The van der Waals surface area contributed by atoms with E-state index in [1.807, 2.05) is 0 Å². The normalized spacial score (nSPS) is 28.8. The number of allylic oxidation sites excluding steroid dienone is 2. The molecule has 3 fully saturated rings. The van der Waals surface area contributed by atoms with Crippen LogP contribution in [0.25, 0.3) is 16.3 Å². The van der Waals surface area contributed by atoms with Crippen LogP contribution in [0.2, 0.25) is 0 Å². The molecule has 4 heterocycles. The van der Waals surface area contributed by atoms with Crippen LogP contribution in [-0.2, 0) is 9.47 Å². The van der Waals surface area contributed by atoms with Crippen molar-refractivity contribution >= 4 is 28.2 Å². The zero-order chi connectivity index (χ0) is 30.4. The summed E-state index contributed by atoms with van der Waals surface area (Å²) >= 11 is 0. The summed E-state index contributed by atoms with van der Waals surface area (Å²) in [6.45, 7) is 2.55. The predicted octanol–water partition coefficient (Wildman–Crippen LogP) is 5.63. The highest BCUT2D eigenvalue weighted by Crippen LogP contribution is 2.46. The quantitative estimate of drug-likeness (QED) is 0.445. The summed E-state index contributed by atoms with van der Waals surface area (Å²) in [4.78, 5) is 11.7. The Labute approximate surface area is 254 Å². The highest BCUT2D eigenvalue weighted by atomic mass is 19.1. The molecule has 2 unspecified atom stereocenters. The number of rotatable bonds is 3. The van der Waals surface area contributed by atoms with Gasteiger partial charge in [-0.1, -0.05) is 12.0 Å². The van der Waals surface area contributed by atoms with Crippen LogP contribution < -0.4 is 5.32 Å². The third kappa shape index (κ3) is 5.26. The minimum Gasteiger partial charge on any atom is -0.508 e. The van der Waals surface area contributed by atoms with Gasteiger partial charge in [0.15, 0.2) is 5.83 Å². The SMILES string of the molecule is C#Cc1c(F)ccc2cc(O)cc(C3=CC4OCC[C@H]5CCCN5C5=NC(OC[C@@H]6CCCNC[C@H](F)C6)=NC(=C3F)C54)c12. The number of nitrogens with one attached hydrogen (secondary N) is 1. The van der Waals surface area contributed by atoms with Gasteiger partial charge in [0.2, 0.25) is 0 Å². The number of terminal acetylenes is 1. The van der Waals surface area contributed by atoms with Crippen molar-refractivity contribution in [2.45, 2.75) is 56.8 Å². The van der Waals surface area contributed by atoms with Crippen molar-refractivity contribution in [1.29, 1.82) is 0 Å². The fourth-order valence-electron chi connectivity index (χ4n) is 7.34. The standard InChI is InChI=1S/C34H35F3N4O3/c1-2-24-27(36)8-7-20-14-23(42)15-25(29(20)24)26-16-28-30-32(31(26)37)39-34(44-18-19-5-3-10-38-17-21(35)13-19)40-33(30)41-11-4-6-22(41)9-12-43-28/h1,7-8,14-16,19,21-22,28,30,38,42H,3-6,9-13,17-18H2/t19-,21-,22-,28?,30?/m1/s1. The van der Waals surface area contributed by atoms with Gasteiger partial charge in [-0.3, -0.25) is 0 Å². The molecule has 7 nitrogen and oxygen atoms in total. The summed E-state index contributed by atoms with van der Waals surface area (Å²) in [6.07, 6.45) is 10.6. The van der Waals surface area contributed by atoms with Crippen molar-refractivity contribution in [3.8, 4) is 18.1 Å². The summed E-state index contributed by atoms with van der Waals surface area (Å²) in [5.41, 5.74) is 0.454. The van der Waals surface area contributed by atoms with Gasteiger partial charge >= 0.3 is 6.02 Å². The fourth-order valence-corrected chi connectivity index (χ4v) is 7.34. The van der Waals surface area contributed by atoms with Gasteiger partial charge in [-0.25, -0.2) is 13.2 Å². The summed E-state index contributed by atoms with van der Waals surface area (Å²) in [5, 5.41) is 14.5. The van der Waals surface area contributed by atoms with E-state index in [4.69, 9.17) is 20.9 Å². The molecule has 4 aliphatic heterocycles. The molecule has 0 amide bonds. The molecule has 7 rings (SSSR count). The minimum absolute atomic E-state index is 0.0166. The van der Waals surface area contributed by atoms with E-state index < -0.39 is 29.8 Å². The Morgan fingerprint density at radius 3 is 2.91 bits per heavy atom. The summed E-state index contributed by atoms with van der Waals surface area (Å²) in [6, 6.07) is 5.86. The number of nitrogens with zero attached hydrogens (tertiary/aromatic N) is 3. The smallest absolute Gasteiger partial charge is 0.318 e.